The summed E-state index contributed by atoms with van der Waals surface area (Å²) in [4.78, 5) is 36.2. The third kappa shape index (κ3) is 3.71. The molecular formula is C14H16N2O5. The van der Waals surface area contributed by atoms with Crippen LogP contribution in [-0.4, -0.2) is 52.0 Å². The van der Waals surface area contributed by atoms with Gasteiger partial charge < -0.3 is 20.4 Å². The highest BCUT2D eigenvalue weighted by Gasteiger charge is 2.34. The van der Waals surface area contributed by atoms with E-state index in [0.29, 0.717) is 12.1 Å². The van der Waals surface area contributed by atoms with Crippen molar-refractivity contribution in [3.63, 3.8) is 0 Å². The van der Waals surface area contributed by atoms with Crippen molar-refractivity contribution in [3.8, 4) is 5.75 Å². The van der Waals surface area contributed by atoms with Crippen LogP contribution in [0.5, 0.6) is 5.75 Å². The molecule has 112 valence electrons. The van der Waals surface area contributed by atoms with Crippen molar-refractivity contribution >= 4 is 17.8 Å². The molecule has 0 aliphatic carbocycles. The lowest BCUT2D eigenvalue weighted by Crippen LogP contribution is -2.58. The fourth-order valence-corrected chi connectivity index (χ4v) is 2.32. The van der Waals surface area contributed by atoms with E-state index in [9.17, 15) is 19.5 Å². The first-order valence-electron chi connectivity index (χ1n) is 6.54. The third-order valence-corrected chi connectivity index (χ3v) is 3.29. The van der Waals surface area contributed by atoms with Crippen LogP contribution in [0.2, 0.25) is 0 Å². The van der Waals surface area contributed by atoms with Gasteiger partial charge in [-0.25, -0.2) is 0 Å². The third-order valence-electron chi connectivity index (χ3n) is 3.29. The first-order chi connectivity index (χ1) is 9.97. The second-order valence-corrected chi connectivity index (χ2v) is 4.84. The standard InChI is InChI=1S/C14H16N2O5/c17-10-3-1-2-9(6-10)7-12(18)16-5-4-15-14(21)11(16)8-13(19)20/h1-3,6,11,17H,4-5,7-8H2,(H,15,21)(H,19,20). The van der Waals surface area contributed by atoms with Gasteiger partial charge in [0.15, 0.2) is 0 Å². The first kappa shape index (κ1) is 14.8. The Hall–Kier alpha value is -2.57. The summed E-state index contributed by atoms with van der Waals surface area (Å²) in [6, 6.07) is 5.29. The Labute approximate surface area is 121 Å². The summed E-state index contributed by atoms with van der Waals surface area (Å²) < 4.78 is 0. The van der Waals surface area contributed by atoms with Crippen molar-refractivity contribution in [2.75, 3.05) is 13.1 Å². The number of phenols is 1. The SMILES string of the molecule is O=C(O)CC1C(=O)NCCN1C(=O)Cc1cccc(O)c1. The zero-order valence-electron chi connectivity index (χ0n) is 11.3. The molecule has 0 spiro atoms. The average Bonchev–Trinajstić information content (AvgIpc) is 2.40. The number of piperazine rings is 1. The first-order valence-corrected chi connectivity index (χ1v) is 6.54. The predicted octanol–water partition coefficient (Wildman–Crippen LogP) is -0.264. The highest BCUT2D eigenvalue weighted by molar-refractivity contribution is 5.92. The minimum absolute atomic E-state index is 0.0117. The van der Waals surface area contributed by atoms with E-state index < -0.39 is 24.3 Å². The number of amides is 2. The molecule has 7 heteroatoms. The van der Waals surface area contributed by atoms with Crippen molar-refractivity contribution < 1.29 is 24.6 Å². The Kier molecular flexibility index (Phi) is 4.42. The molecule has 0 bridgehead atoms. The van der Waals surface area contributed by atoms with Gasteiger partial charge in [0.05, 0.1) is 12.8 Å². The zero-order valence-corrected chi connectivity index (χ0v) is 11.3. The summed E-state index contributed by atoms with van der Waals surface area (Å²) in [7, 11) is 0. The molecule has 1 heterocycles. The number of benzene rings is 1. The molecule has 0 radical (unpaired) electrons. The van der Waals surface area contributed by atoms with Crippen molar-refractivity contribution in [2.45, 2.75) is 18.9 Å². The summed E-state index contributed by atoms with van der Waals surface area (Å²) >= 11 is 0. The molecule has 3 N–H and O–H groups in total. The lowest BCUT2D eigenvalue weighted by Gasteiger charge is -2.34. The molecule has 1 saturated heterocycles. The number of nitrogens with one attached hydrogen (secondary N) is 1. The van der Waals surface area contributed by atoms with E-state index in [-0.39, 0.29) is 24.6 Å². The van der Waals surface area contributed by atoms with Crippen LogP contribution in [0.15, 0.2) is 24.3 Å². The maximum Gasteiger partial charge on any atom is 0.305 e. The number of nitrogens with zero attached hydrogens (tertiary/aromatic N) is 1. The van der Waals surface area contributed by atoms with Crippen LogP contribution in [-0.2, 0) is 20.8 Å². The van der Waals surface area contributed by atoms with E-state index in [2.05, 4.69) is 5.32 Å². The quantitative estimate of drug-likeness (QED) is 0.708. The molecular weight excluding hydrogens is 276 g/mol. The van der Waals surface area contributed by atoms with Gasteiger partial charge in [-0.15, -0.1) is 0 Å². The lowest BCUT2D eigenvalue weighted by molar-refractivity contribution is -0.148. The molecule has 1 unspecified atom stereocenters. The summed E-state index contributed by atoms with van der Waals surface area (Å²) in [5.41, 5.74) is 0.611. The van der Waals surface area contributed by atoms with Crippen LogP contribution in [0.1, 0.15) is 12.0 Å². The van der Waals surface area contributed by atoms with Crippen LogP contribution in [0.4, 0.5) is 0 Å². The van der Waals surface area contributed by atoms with Crippen LogP contribution in [0.25, 0.3) is 0 Å². The lowest BCUT2D eigenvalue weighted by atomic mass is 10.1. The highest BCUT2D eigenvalue weighted by Crippen LogP contribution is 2.15. The maximum atomic E-state index is 12.3. The minimum Gasteiger partial charge on any atom is -0.508 e. The maximum absolute atomic E-state index is 12.3. The zero-order chi connectivity index (χ0) is 15.4. The van der Waals surface area contributed by atoms with Gasteiger partial charge in [-0.2, -0.15) is 0 Å². The molecule has 0 aromatic heterocycles. The van der Waals surface area contributed by atoms with E-state index in [1.807, 2.05) is 0 Å². The number of carboxylic acid groups (broad SMARTS) is 1. The van der Waals surface area contributed by atoms with E-state index in [0.717, 1.165) is 0 Å². The highest BCUT2D eigenvalue weighted by atomic mass is 16.4. The molecule has 21 heavy (non-hydrogen) atoms. The molecule has 1 fully saturated rings. The number of aromatic hydroxyl groups is 1. The van der Waals surface area contributed by atoms with Gasteiger partial charge in [0.2, 0.25) is 11.8 Å². The molecule has 1 aliphatic heterocycles. The number of hydrogen-bond donors (Lipinski definition) is 3. The molecule has 2 amide bonds. The molecule has 1 atom stereocenters. The van der Waals surface area contributed by atoms with Crippen molar-refractivity contribution in [2.24, 2.45) is 0 Å². The van der Waals surface area contributed by atoms with E-state index >= 15 is 0 Å². The van der Waals surface area contributed by atoms with Gasteiger partial charge >= 0.3 is 5.97 Å². The number of aliphatic carboxylic acids is 1. The normalized spacial score (nSPS) is 18.2. The predicted molar refractivity (Wildman–Crippen MR) is 72.6 cm³/mol. The van der Waals surface area contributed by atoms with Crippen LogP contribution < -0.4 is 5.32 Å². The molecule has 0 saturated carbocycles. The molecule has 7 nitrogen and oxygen atoms in total. The molecule has 1 aromatic carbocycles. The van der Waals surface area contributed by atoms with E-state index in [1.54, 1.807) is 12.1 Å². The van der Waals surface area contributed by atoms with Crippen LogP contribution >= 0.6 is 0 Å². The van der Waals surface area contributed by atoms with Gasteiger partial charge in [-0.3, -0.25) is 14.4 Å². The second kappa shape index (κ2) is 6.25. The van der Waals surface area contributed by atoms with Crippen molar-refractivity contribution in [3.05, 3.63) is 29.8 Å². The Bertz CT molecular complexity index is 572. The molecule has 2 rings (SSSR count). The average molecular weight is 292 g/mol. The van der Waals surface area contributed by atoms with Crippen LogP contribution in [0.3, 0.4) is 0 Å². The van der Waals surface area contributed by atoms with Gasteiger partial charge in [-0.1, -0.05) is 12.1 Å². The van der Waals surface area contributed by atoms with Crippen molar-refractivity contribution in [1.82, 2.24) is 10.2 Å². The van der Waals surface area contributed by atoms with E-state index in [1.165, 1.54) is 17.0 Å². The Morgan fingerprint density at radius 1 is 1.38 bits per heavy atom. The fourth-order valence-electron chi connectivity index (χ4n) is 2.32. The number of carboxylic acids is 1. The number of carbonyl (C=O) groups is 3. The second-order valence-electron chi connectivity index (χ2n) is 4.84. The number of rotatable bonds is 4. The summed E-state index contributed by atoms with van der Waals surface area (Å²) in [6.45, 7) is 0.585. The Balaban J connectivity index is 2.11. The van der Waals surface area contributed by atoms with E-state index in [4.69, 9.17) is 5.11 Å². The summed E-state index contributed by atoms with van der Waals surface area (Å²) in [5.74, 6) is -1.86. The monoisotopic (exact) mass is 292 g/mol. The fraction of sp³-hybridized carbons (Fsp3) is 0.357. The van der Waals surface area contributed by atoms with Gasteiger partial charge in [-0.05, 0) is 17.7 Å². The van der Waals surface area contributed by atoms with Gasteiger partial charge in [0.25, 0.3) is 0 Å². The van der Waals surface area contributed by atoms with Gasteiger partial charge in [0, 0.05) is 13.1 Å². The largest absolute Gasteiger partial charge is 0.508 e. The number of hydrogen-bond acceptors (Lipinski definition) is 4. The smallest absolute Gasteiger partial charge is 0.305 e. The van der Waals surface area contributed by atoms with Crippen molar-refractivity contribution in [1.29, 1.82) is 0 Å². The molecule has 1 aromatic rings. The molecule has 1 aliphatic rings. The topological polar surface area (TPSA) is 107 Å². The summed E-state index contributed by atoms with van der Waals surface area (Å²) in [5, 5.41) is 20.8. The minimum atomic E-state index is -1.13. The van der Waals surface area contributed by atoms with Gasteiger partial charge in [0.1, 0.15) is 11.8 Å². The number of phenolic OH excluding ortho intramolecular Hbond substituents is 1. The Morgan fingerprint density at radius 2 is 2.14 bits per heavy atom. The Morgan fingerprint density at radius 3 is 2.81 bits per heavy atom. The summed E-state index contributed by atoms with van der Waals surface area (Å²) in [6.07, 6.45) is -0.407. The number of carbonyl (C=O) groups excluding carboxylic acids is 2. The van der Waals surface area contributed by atoms with Crippen LogP contribution in [0, 0.1) is 0 Å².